The first-order valence-corrected chi connectivity index (χ1v) is 10.8. The largest absolute Gasteiger partial charge is 0.416 e. The van der Waals surface area contributed by atoms with Crippen LogP contribution in [-0.4, -0.2) is 38.7 Å². The summed E-state index contributed by atoms with van der Waals surface area (Å²) in [5.41, 5.74) is 1.75. The van der Waals surface area contributed by atoms with E-state index >= 15 is 0 Å². The second-order valence-corrected chi connectivity index (χ2v) is 9.02. The number of carbonyl (C=O) groups is 1. The van der Waals surface area contributed by atoms with Gasteiger partial charge >= 0.3 is 6.18 Å². The van der Waals surface area contributed by atoms with Gasteiger partial charge in [-0.05, 0) is 55.4 Å². The molecule has 0 bridgehead atoms. The Balaban J connectivity index is 1.45. The van der Waals surface area contributed by atoms with Gasteiger partial charge in [-0.3, -0.25) is 14.5 Å². The summed E-state index contributed by atoms with van der Waals surface area (Å²) in [6.45, 7) is 4.12. The lowest BCUT2D eigenvalue weighted by Crippen LogP contribution is -2.31. The molecule has 2 fully saturated rings. The fourth-order valence-electron chi connectivity index (χ4n) is 5.30. The van der Waals surface area contributed by atoms with Gasteiger partial charge < -0.3 is 4.90 Å². The van der Waals surface area contributed by atoms with Gasteiger partial charge in [-0.2, -0.15) is 18.3 Å². The summed E-state index contributed by atoms with van der Waals surface area (Å²) in [5.74, 6) is -1.58. The van der Waals surface area contributed by atoms with Crippen molar-refractivity contribution >= 4 is 16.9 Å². The third-order valence-corrected chi connectivity index (χ3v) is 6.93. The van der Waals surface area contributed by atoms with Gasteiger partial charge in [0.25, 0.3) is 5.91 Å². The summed E-state index contributed by atoms with van der Waals surface area (Å²) >= 11 is 0. The summed E-state index contributed by atoms with van der Waals surface area (Å²) in [6, 6.07) is 8.72. The molecule has 2 aliphatic rings. The van der Waals surface area contributed by atoms with E-state index < -0.39 is 23.5 Å². The van der Waals surface area contributed by atoms with Crippen LogP contribution in [0.4, 0.5) is 17.6 Å². The van der Waals surface area contributed by atoms with Crippen LogP contribution in [0.15, 0.2) is 55.0 Å². The van der Waals surface area contributed by atoms with E-state index in [2.05, 4.69) is 11.6 Å². The fourth-order valence-corrected chi connectivity index (χ4v) is 5.30. The molecule has 1 spiro atoms. The lowest BCUT2D eigenvalue weighted by atomic mass is 9.85. The molecular weight excluding hydrogens is 436 g/mol. The Hall–Kier alpha value is -3.23. The molecule has 172 valence electrons. The highest BCUT2D eigenvalue weighted by molar-refractivity contribution is 5.91. The molecule has 1 saturated heterocycles. The number of carbonyl (C=O) groups excluding carboxylic acids is 1. The number of hydrogen-bond donors (Lipinski definition) is 0. The average Bonchev–Trinajstić information content (AvgIpc) is 3.50. The van der Waals surface area contributed by atoms with Crippen molar-refractivity contribution in [3.8, 4) is 11.3 Å². The zero-order valence-corrected chi connectivity index (χ0v) is 17.8. The first-order valence-electron chi connectivity index (χ1n) is 10.8. The van der Waals surface area contributed by atoms with Crippen molar-refractivity contribution in [2.45, 2.75) is 37.9 Å². The summed E-state index contributed by atoms with van der Waals surface area (Å²) in [4.78, 5) is 18.0. The van der Waals surface area contributed by atoms with E-state index in [1.54, 1.807) is 6.20 Å². The van der Waals surface area contributed by atoms with Crippen molar-refractivity contribution in [3.05, 3.63) is 60.6 Å². The smallest absolute Gasteiger partial charge is 0.336 e. The molecule has 2 unspecified atom stereocenters. The van der Waals surface area contributed by atoms with Crippen LogP contribution >= 0.6 is 0 Å². The van der Waals surface area contributed by atoms with Crippen LogP contribution < -0.4 is 0 Å². The van der Waals surface area contributed by atoms with E-state index in [-0.39, 0.29) is 11.5 Å². The molecule has 1 aliphatic heterocycles. The Labute approximate surface area is 187 Å². The minimum Gasteiger partial charge on any atom is -0.336 e. The molecule has 5 nitrogen and oxygen atoms in total. The van der Waals surface area contributed by atoms with Crippen LogP contribution in [0.2, 0.25) is 0 Å². The minimum absolute atomic E-state index is 0.0588. The Morgan fingerprint density at radius 2 is 1.91 bits per heavy atom. The molecule has 5 rings (SSSR count). The third kappa shape index (κ3) is 3.79. The number of hydrogen-bond acceptors (Lipinski definition) is 3. The normalized spacial score (nSPS) is 23.0. The van der Waals surface area contributed by atoms with Crippen LogP contribution in [0.5, 0.6) is 0 Å². The second-order valence-electron chi connectivity index (χ2n) is 9.02. The van der Waals surface area contributed by atoms with E-state index in [9.17, 15) is 22.4 Å². The Bertz CT molecular complexity index is 1230. The predicted octanol–water partition coefficient (Wildman–Crippen LogP) is 5.54. The number of fused-ring (bicyclic) bond motifs is 1. The van der Waals surface area contributed by atoms with Crippen LogP contribution in [0.3, 0.4) is 0 Å². The lowest BCUT2D eigenvalue weighted by Gasteiger charge is -2.24. The van der Waals surface area contributed by atoms with Gasteiger partial charge in [0.1, 0.15) is 11.2 Å². The van der Waals surface area contributed by atoms with E-state index in [1.165, 1.54) is 17.0 Å². The van der Waals surface area contributed by atoms with Crippen molar-refractivity contribution in [1.82, 2.24) is 19.7 Å². The fraction of sp³-hybridized carbons (Fsp3) is 0.375. The summed E-state index contributed by atoms with van der Waals surface area (Å²) in [6.07, 6.45) is 0.553. The molecule has 3 heterocycles. The van der Waals surface area contributed by atoms with Gasteiger partial charge in [0.2, 0.25) is 0 Å². The molecule has 2 atom stereocenters. The van der Waals surface area contributed by atoms with Gasteiger partial charge in [-0.1, -0.05) is 18.7 Å². The van der Waals surface area contributed by atoms with E-state index in [4.69, 9.17) is 5.10 Å². The maximum atomic E-state index is 13.3. The molecule has 0 radical (unpaired) electrons. The number of halogens is 4. The molecule has 1 saturated carbocycles. The van der Waals surface area contributed by atoms with Gasteiger partial charge in [0.15, 0.2) is 5.83 Å². The Morgan fingerprint density at radius 1 is 1.15 bits per heavy atom. The van der Waals surface area contributed by atoms with Gasteiger partial charge in [0, 0.05) is 24.8 Å². The molecule has 1 aromatic carbocycles. The van der Waals surface area contributed by atoms with Crippen LogP contribution in [0.1, 0.15) is 37.3 Å². The van der Waals surface area contributed by atoms with Crippen LogP contribution in [0.25, 0.3) is 22.3 Å². The number of nitrogens with zero attached hydrogens (tertiary/aromatic N) is 4. The van der Waals surface area contributed by atoms with Gasteiger partial charge in [-0.25, -0.2) is 4.39 Å². The van der Waals surface area contributed by atoms with Crippen LogP contribution in [-0.2, 0) is 11.0 Å². The van der Waals surface area contributed by atoms with Crippen molar-refractivity contribution in [2.75, 3.05) is 13.1 Å². The van der Waals surface area contributed by atoms with E-state index in [0.29, 0.717) is 29.9 Å². The maximum Gasteiger partial charge on any atom is 0.416 e. The number of rotatable bonds is 3. The van der Waals surface area contributed by atoms with Gasteiger partial charge in [-0.15, -0.1) is 0 Å². The van der Waals surface area contributed by atoms with Gasteiger partial charge in [0.05, 0.1) is 17.1 Å². The molecule has 1 amide bonds. The summed E-state index contributed by atoms with van der Waals surface area (Å²) < 4.78 is 54.1. The highest BCUT2D eigenvalue weighted by Gasteiger charge is 2.46. The highest BCUT2D eigenvalue weighted by atomic mass is 19.4. The maximum absolute atomic E-state index is 13.3. The number of amides is 1. The third-order valence-electron chi connectivity index (χ3n) is 6.93. The molecular formula is C24H22F4N4O. The zero-order valence-electron chi connectivity index (χ0n) is 17.8. The second kappa shape index (κ2) is 7.67. The Morgan fingerprint density at radius 3 is 2.61 bits per heavy atom. The van der Waals surface area contributed by atoms with Crippen molar-refractivity contribution in [3.63, 3.8) is 0 Å². The quantitative estimate of drug-likeness (QED) is 0.382. The first-order chi connectivity index (χ1) is 15.7. The molecule has 33 heavy (non-hydrogen) atoms. The van der Waals surface area contributed by atoms with Crippen molar-refractivity contribution < 1.29 is 22.4 Å². The van der Waals surface area contributed by atoms with E-state index in [0.717, 1.165) is 43.3 Å². The Kier molecular flexibility index (Phi) is 5.02. The number of aromatic nitrogens is 3. The van der Waals surface area contributed by atoms with Crippen molar-refractivity contribution in [1.29, 1.82) is 0 Å². The van der Waals surface area contributed by atoms with E-state index in [1.807, 2.05) is 16.8 Å². The lowest BCUT2D eigenvalue weighted by molar-refractivity contribution is -0.137. The molecule has 9 heteroatoms. The van der Waals surface area contributed by atoms with Crippen molar-refractivity contribution in [2.24, 2.45) is 5.41 Å². The molecule has 3 aromatic rings. The number of likely N-dealkylation sites (tertiary alicyclic amines) is 1. The number of benzene rings is 1. The monoisotopic (exact) mass is 458 g/mol. The molecule has 2 aromatic heterocycles. The standard InChI is InChI=1S/C24H22F4N4O/c1-15(25)22(33)31-12-10-23(14-31)9-8-18(13-23)32-19-3-2-11-29-21(19)20(30-32)16-4-6-17(7-5-16)24(26,27)28/h2-7,11,18H,1,8-10,12-14H2. The summed E-state index contributed by atoms with van der Waals surface area (Å²) in [5, 5.41) is 4.79. The SMILES string of the molecule is C=C(F)C(=O)N1CCC2(CCC(n3nc(-c4ccc(C(F)(F)F)cc4)c4ncccc43)C2)C1. The molecule has 0 N–H and O–H groups in total. The average molecular weight is 458 g/mol. The highest BCUT2D eigenvalue weighted by Crippen LogP contribution is 2.50. The minimum atomic E-state index is -4.40. The topological polar surface area (TPSA) is 51.0 Å². The summed E-state index contributed by atoms with van der Waals surface area (Å²) in [7, 11) is 0. The van der Waals surface area contributed by atoms with Crippen LogP contribution in [0, 0.1) is 5.41 Å². The first kappa shape index (κ1) is 21.6. The molecule has 1 aliphatic carbocycles. The zero-order chi connectivity index (χ0) is 23.4. The number of pyridine rings is 1. The predicted molar refractivity (Wildman–Crippen MR) is 115 cm³/mol. The number of alkyl halides is 3.